The third kappa shape index (κ3) is 4.64. The van der Waals surface area contributed by atoms with Crippen LogP contribution in [0.1, 0.15) is 17.2 Å². The zero-order valence-electron chi connectivity index (χ0n) is 16.7. The van der Waals surface area contributed by atoms with Crippen molar-refractivity contribution in [2.24, 2.45) is 0 Å². The van der Waals surface area contributed by atoms with Crippen LogP contribution >= 0.6 is 11.6 Å². The van der Waals surface area contributed by atoms with Gasteiger partial charge in [0, 0.05) is 40.2 Å². The predicted octanol–water partition coefficient (Wildman–Crippen LogP) is 3.94. The van der Waals surface area contributed by atoms with E-state index >= 15 is 0 Å². The van der Waals surface area contributed by atoms with Gasteiger partial charge in [-0.25, -0.2) is 4.79 Å². The summed E-state index contributed by atoms with van der Waals surface area (Å²) < 4.78 is 37.9. The number of anilines is 1. The fraction of sp³-hybridized carbons (Fsp3) is 0.190. The number of nitrogens with one attached hydrogen (secondary N) is 3. The number of H-pyrrole nitrogens is 1. The van der Waals surface area contributed by atoms with Crippen LogP contribution in [0, 0.1) is 0 Å². The van der Waals surface area contributed by atoms with Crippen LogP contribution in [0.3, 0.4) is 0 Å². The Morgan fingerprint density at radius 1 is 1.15 bits per heavy atom. The van der Waals surface area contributed by atoms with Gasteiger partial charge >= 0.3 is 12.1 Å². The van der Waals surface area contributed by atoms with Gasteiger partial charge in [-0.2, -0.15) is 18.3 Å². The van der Waals surface area contributed by atoms with Gasteiger partial charge in [0.05, 0.1) is 12.5 Å². The number of Topliss-reactive ketones (excluding diaryl/α,β-unsaturated/α-hetero) is 1. The Morgan fingerprint density at radius 2 is 1.85 bits per heavy atom. The van der Waals surface area contributed by atoms with Crippen LogP contribution in [-0.2, 0) is 9.59 Å². The zero-order valence-corrected chi connectivity index (χ0v) is 17.4. The molecule has 8 nitrogen and oxygen atoms in total. The molecule has 0 fully saturated rings. The molecule has 0 radical (unpaired) electrons. The van der Waals surface area contributed by atoms with Gasteiger partial charge in [0.15, 0.2) is 11.6 Å². The largest absolute Gasteiger partial charge is 0.490 e. The Morgan fingerprint density at radius 3 is 2.52 bits per heavy atom. The third-order valence-electron chi connectivity index (χ3n) is 5.03. The topological polar surface area (TPSA) is 120 Å². The number of benzene rings is 1. The number of aromatic amines is 1. The molecule has 0 spiro atoms. The van der Waals surface area contributed by atoms with Crippen molar-refractivity contribution in [1.82, 2.24) is 15.5 Å². The molecule has 4 heterocycles. The van der Waals surface area contributed by atoms with Gasteiger partial charge in [-0.1, -0.05) is 11.6 Å². The van der Waals surface area contributed by atoms with E-state index in [1.165, 1.54) is 0 Å². The van der Waals surface area contributed by atoms with Crippen LogP contribution < -0.4 is 10.6 Å². The number of hydrogen-bond acceptors (Lipinski definition) is 6. The fourth-order valence-electron chi connectivity index (χ4n) is 3.60. The Balaban J connectivity index is 0.000000325. The average Bonchev–Trinajstić information content (AvgIpc) is 3.42. The minimum Gasteiger partial charge on any atom is -0.475 e. The average molecular weight is 481 g/mol. The van der Waals surface area contributed by atoms with Crippen LogP contribution in [0.2, 0.25) is 5.02 Å². The summed E-state index contributed by atoms with van der Waals surface area (Å²) in [5.41, 5.74) is 3.45. The Bertz CT molecular complexity index is 1230. The summed E-state index contributed by atoms with van der Waals surface area (Å²) in [5, 5.41) is 21.3. The molecule has 33 heavy (non-hydrogen) atoms. The van der Waals surface area contributed by atoms with Crippen LogP contribution in [0.25, 0.3) is 11.3 Å². The van der Waals surface area contributed by atoms with E-state index in [1.54, 1.807) is 0 Å². The molecule has 0 aliphatic carbocycles. The van der Waals surface area contributed by atoms with Crippen LogP contribution in [0.15, 0.2) is 58.3 Å². The molecule has 5 rings (SSSR count). The van der Waals surface area contributed by atoms with Crippen molar-refractivity contribution in [2.75, 3.05) is 18.4 Å². The number of carbonyl (C=O) groups is 2. The molecule has 1 atom stereocenters. The third-order valence-corrected chi connectivity index (χ3v) is 5.29. The first-order chi connectivity index (χ1) is 15.6. The molecule has 3 aromatic rings. The second-order valence-electron chi connectivity index (χ2n) is 7.18. The smallest absolute Gasteiger partial charge is 0.475 e. The molecule has 4 N–H and O–H groups in total. The molecule has 1 aromatic carbocycles. The number of hydrogen-bond donors (Lipinski definition) is 4. The minimum absolute atomic E-state index is 0.0695. The molecule has 0 bridgehead atoms. The van der Waals surface area contributed by atoms with Crippen molar-refractivity contribution in [1.29, 1.82) is 0 Å². The lowest BCUT2D eigenvalue weighted by molar-refractivity contribution is -0.192. The van der Waals surface area contributed by atoms with E-state index in [0.717, 1.165) is 39.7 Å². The molecule has 2 aliphatic heterocycles. The number of carboxylic acids is 1. The molecule has 0 saturated heterocycles. The first-order valence-corrected chi connectivity index (χ1v) is 9.96. The summed E-state index contributed by atoms with van der Waals surface area (Å²) >= 11 is 5.96. The molecular weight excluding hydrogens is 465 g/mol. The Kier molecular flexibility index (Phi) is 6.00. The molecule has 172 valence electrons. The summed E-state index contributed by atoms with van der Waals surface area (Å²) in [4.78, 5) is 21.5. The summed E-state index contributed by atoms with van der Waals surface area (Å²) in [5.74, 6) is -0.761. The van der Waals surface area contributed by atoms with Crippen molar-refractivity contribution >= 4 is 29.2 Å². The Hall–Kier alpha value is -3.57. The van der Waals surface area contributed by atoms with E-state index < -0.39 is 12.1 Å². The van der Waals surface area contributed by atoms with Crippen molar-refractivity contribution in [3.05, 3.63) is 70.2 Å². The van der Waals surface area contributed by atoms with Gasteiger partial charge in [-0.05, 0) is 36.4 Å². The molecule has 0 amide bonds. The number of fused-ring (bicyclic) bond motifs is 1. The van der Waals surface area contributed by atoms with Gasteiger partial charge in [-0.15, -0.1) is 0 Å². The number of carboxylic acid groups (broad SMARTS) is 1. The van der Waals surface area contributed by atoms with Crippen molar-refractivity contribution < 1.29 is 32.3 Å². The lowest BCUT2D eigenvalue weighted by Gasteiger charge is -2.30. The van der Waals surface area contributed by atoms with Crippen LogP contribution in [0.4, 0.5) is 19.0 Å². The van der Waals surface area contributed by atoms with Gasteiger partial charge in [0.1, 0.15) is 11.5 Å². The van der Waals surface area contributed by atoms with Crippen molar-refractivity contribution in [3.8, 4) is 11.3 Å². The van der Waals surface area contributed by atoms with Gasteiger partial charge in [0.25, 0.3) is 0 Å². The highest BCUT2D eigenvalue weighted by atomic mass is 35.5. The lowest BCUT2D eigenvalue weighted by atomic mass is 9.82. The number of aliphatic carboxylic acids is 1. The highest BCUT2D eigenvalue weighted by molar-refractivity contribution is 6.30. The van der Waals surface area contributed by atoms with Crippen molar-refractivity contribution in [3.63, 3.8) is 0 Å². The summed E-state index contributed by atoms with van der Waals surface area (Å²) in [6, 6.07) is 11.3. The zero-order chi connectivity index (χ0) is 23.8. The van der Waals surface area contributed by atoms with Crippen molar-refractivity contribution in [2.45, 2.75) is 12.1 Å². The van der Waals surface area contributed by atoms with Crippen LogP contribution in [-0.4, -0.2) is 46.3 Å². The molecule has 2 aliphatic rings. The van der Waals surface area contributed by atoms with E-state index in [2.05, 4.69) is 20.8 Å². The number of furan rings is 1. The van der Waals surface area contributed by atoms with Gasteiger partial charge in [0.2, 0.25) is 0 Å². The molecule has 1 unspecified atom stereocenters. The first kappa shape index (κ1) is 22.6. The number of nitrogens with zero attached hydrogens (tertiary/aromatic N) is 1. The highest BCUT2D eigenvalue weighted by Crippen LogP contribution is 2.43. The summed E-state index contributed by atoms with van der Waals surface area (Å²) in [6.45, 7) is 0.934. The molecular formula is C21H16ClF3N4O4. The van der Waals surface area contributed by atoms with E-state index in [9.17, 15) is 18.0 Å². The number of halogens is 4. The maximum Gasteiger partial charge on any atom is 0.490 e. The molecule has 12 heteroatoms. The summed E-state index contributed by atoms with van der Waals surface area (Å²) in [6.07, 6.45) is -3.27. The number of ketones is 1. The monoisotopic (exact) mass is 480 g/mol. The highest BCUT2D eigenvalue weighted by Gasteiger charge is 2.39. The van der Waals surface area contributed by atoms with E-state index in [4.69, 9.17) is 25.9 Å². The number of aromatic nitrogens is 2. The maximum absolute atomic E-state index is 12.6. The van der Waals surface area contributed by atoms with Gasteiger partial charge < -0.3 is 20.2 Å². The first-order valence-electron chi connectivity index (χ1n) is 9.58. The van der Waals surface area contributed by atoms with E-state index in [-0.39, 0.29) is 11.7 Å². The standard InChI is InChI=1S/C19H15ClN4O2.C2HF3O2/c20-11-3-1-10(2-4-11)15-5-6-16(26-15)17-12-7-22-24-19(12)23-13-8-21-9-14(25)18(13)17;3-2(4,5)1(6)7/h1-7,17,21H,8-9H2,(H2,22,23,24);(H,6,7). The fourth-order valence-corrected chi connectivity index (χ4v) is 3.72. The van der Waals surface area contributed by atoms with Crippen LogP contribution in [0.5, 0.6) is 0 Å². The number of alkyl halides is 3. The maximum atomic E-state index is 12.6. The minimum atomic E-state index is -5.08. The lowest BCUT2D eigenvalue weighted by Crippen LogP contribution is -2.39. The summed E-state index contributed by atoms with van der Waals surface area (Å²) in [7, 11) is 0. The molecule has 0 saturated carbocycles. The second-order valence-corrected chi connectivity index (χ2v) is 7.61. The van der Waals surface area contributed by atoms with Gasteiger partial charge in [-0.3, -0.25) is 9.89 Å². The number of rotatable bonds is 2. The SMILES string of the molecule is O=C(O)C(F)(F)F.O=C1CNCC2=C1C(c1ccc(-c3ccc(Cl)cc3)o1)c1c[nH]nc1N2. The normalized spacial score (nSPS) is 17.5. The number of carbonyl (C=O) groups excluding carboxylic acids is 1. The van der Waals surface area contributed by atoms with E-state index in [1.807, 2.05) is 42.6 Å². The second kappa shape index (κ2) is 8.75. The Labute approximate surface area is 189 Å². The quantitative estimate of drug-likeness (QED) is 0.438. The molecule has 2 aromatic heterocycles. The van der Waals surface area contributed by atoms with E-state index in [0.29, 0.717) is 18.1 Å². The predicted molar refractivity (Wildman–Crippen MR) is 112 cm³/mol.